The van der Waals surface area contributed by atoms with Crippen LogP contribution in [0.4, 0.5) is 5.69 Å². The second kappa shape index (κ2) is 4.12. The third-order valence-corrected chi connectivity index (χ3v) is 3.51. The first-order valence-corrected chi connectivity index (χ1v) is 6.00. The van der Waals surface area contributed by atoms with Crippen LogP contribution in [-0.2, 0) is 11.3 Å². The van der Waals surface area contributed by atoms with Crippen LogP contribution in [-0.4, -0.2) is 22.8 Å². The summed E-state index contributed by atoms with van der Waals surface area (Å²) in [5, 5.41) is 2.63. The lowest BCUT2D eigenvalue weighted by atomic mass is 10.0. The van der Waals surface area contributed by atoms with Crippen molar-refractivity contribution in [3.63, 3.8) is 0 Å². The van der Waals surface area contributed by atoms with E-state index in [0.29, 0.717) is 24.1 Å². The lowest BCUT2D eigenvalue weighted by molar-refractivity contribution is -0.126. The van der Waals surface area contributed by atoms with E-state index in [4.69, 9.17) is 9.85 Å². The highest BCUT2D eigenvalue weighted by Gasteiger charge is 2.38. The van der Waals surface area contributed by atoms with Gasteiger partial charge in [-0.05, 0) is 24.9 Å². The molecular weight excluding hydrogens is 242 g/mol. The third kappa shape index (κ3) is 1.78. The SMILES string of the molecule is [2H]c1c([2H])c(N)c2c(c1[2H])C(=O)N(C1CCC(=C)NC1=O)C2. The molecule has 3 rings (SSSR count). The van der Waals surface area contributed by atoms with Gasteiger partial charge in [0.05, 0.1) is 4.11 Å². The normalized spacial score (nSPS) is 24.6. The van der Waals surface area contributed by atoms with E-state index in [1.165, 1.54) is 4.90 Å². The molecule has 3 N–H and O–H groups in total. The molecule has 0 bridgehead atoms. The van der Waals surface area contributed by atoms with Gasteiger partial charge in [0.25, 0.3) is 5.91 Å². The van der Waals surface area contributed by atoms with Crippen molar-refractivity contribution in [3.8, 4) is 0 Å². The summed E-state index contributed by atoms with van der Waals surface area (Å²) in [6.45, 7) is 3.79. The molecule has 5 nitrogen and oxygen atoms in total. The number of benzene rings is 1. The van der Waals surface area contributed by atoms with E-state index in [1.807, 2.05) is 0 Å². The number of nitrogens with one attached hydrogen (secondary N) is 1. The summed E-state index contributed by atoms with van der Waals surface area (Å²) in [5.41, 5.74) is 6.89. The zero-order valence-electron chi connectivity index (χ0n) is 13.2. The van der Waals surface area contributed by atoms with Gasteiger partial charge in [-0.15, -0.1) is 0 Å². The van der Waals surface area contributed by atoms with E-state index < -0.39 is 11.9 Å². The first-order valence-electron chi connectivity index (χ1n) is 7.50. The largest absolute Gasteiger partial charge is 0.398 e. The van der Waals surface area contributed by atoms with Crippen molar-refractivity contribution in [2.45, 2.75) is 25.4 Å². The molecule has 0 spiro atoms. The lowest BCUT2D eigenvalue weighted by Crippen LogP contribution is -2.49. The summed E-state index contributed by atoms with van der Waals surface area (Å²) in [4.78, 5) is 26.0. The second-order valence-electron chi connectivity index (χ2n) is 4.72. The molecule has 0 radical (unpaired) electrons. The van der Waals surface area contributed by atoms with Crippen LogP contribution in [0.2, 0.25) is 0 Å². The molecule has 1 fully saturated rings. The molecule has 1 aromatic carbocycles. The minimum atomic E-state index is -0.646. The highest BCUT2D eigenvalue weighted by molar-refractivity contribution is 6.02. The zero-order valence-corrected chi connectivity index (χ0v) is 10.2. The number of carbonyl (C=O) groups is 2. The molecular formula is C14H15N3O2. The van der Waals surface area contributed by atoms with Gasteiger partial charge in [0.15, 0.2) is 0 Å². The molecule has 1 saturated heterocycles. The molecule has 1 aromatic rings. The van der Waals surface area contributed by atoms with Crippen LogP contribution in [0.25, 0.3) is 0 Å². The average molecular weight is 260 g/mol. The number of hydrogen-bond acceptors (Lipinski definition) is 3. The minimum Gasteiger partial charge on any atom is -0.398 e. The third-order valence-electron chi connectivity index (χ3n) is 3.51. The van der Waals surface area contributed by atoms with Gasteiger partial charge in [-0.3, -0.25) is 9.59 Å². The summed E-state index contributed by atoms with van der Waals surface area (Å²) < 4.78 is 23.4. The van der Waals surface area contributed by atoms with E-state index in [1.54, 1.807) is 0 Å². The van der Waals surface area contributed by atoms with Crippen molar-refractivity contribution in [1.82, 2.24) is 10.2 Å². The Hall–Kier alpha value is -2.30. The Morgan fingerprint density at radius 3 is 3.00 bits per heavy atom. The van der Waals surface area contributed by atoms with Crippen LogP contribution in [0.5, 0.6) is 0 Å². The summed E-state index contributed by atoms with van der Waals surface area (Å²) in [6.07, 6.45) is 1.03. The van der Waals surface area contributed by atoms with Crippen molar-refractivity contribution in [3.05, 3.63) is 41.5 Å². The molecule has 1 atom stereocenters. The molecule has 19 heavy (non-hydrogen) atoms. The molecule has 2 aliphatic heterocycles. The van der Waals surface area contributed by atoms with Gasteiger partial charge in [0, 0.05) is 29.1 Å². The van der Waals surface area contributed by atoms with Crippen LogP contribution < -0.4 is 11.1 Å². The Morgan fingerprint density at radius 2 is 2.26 bits per heavy atom. The minimum absolute atomic E-state index is 0.0347. The van der Waals surface area contributed by atoms with Crippen molar-refractivity contribution >= 4 is 17.5 Å². The van der Waals surface area contributed by atoms with Crippen LogP contribution in [0.15, 0.2) is 30.4 Å². The van der Waals surface area contributed by atoms with Crippen molar-refractivity contribution in [2.75, 3.05) is 5.73 Å². The van der Waals surface area contributed by atoms with Crippen molar-refractivity contribution < 1.29 is 13.7 Å². The quantitative estimate of drug-likeness (QED) is 0.740. The molecule has 5 heteroatoms. The number of carbonyl (C=O) groups excluding carboxylic acids is 2. The topological polar surface area (TPSA) is 75.4 Å². The van der Waals surface area contributed by atoms with Crippen molar-refractivity contribution in [2.24, 2.45) is 0 Å². The van der Waals surface area contributed by atoms with Crippen molar-refractivity contribution in [1.29, 1.82) is 0 Å². The summed E-state index contributed by atoms with van der Waals surface area (Å²) in [5.74, 6) is -0.785. The Balaban J connectivity index is 2.02. The number of piperidine rings is 1. The monoisotopic (exact) mass is 260 g/mol. The Labute approximate surface area is 115 Å². The average Bonchev–Trinajstić information content (AvgIpc) is 2.81. The highest BCUT2D eigenvalue weighted by Crippen LogP contribution is 2.31. The fourth-order valence-corrected chi connectivity index (χ4v) is 2.49. The number of nitrogens with zero attached hydrogens (tertiary/aromatic N) is 1. The van der Waals surface area contributed by atoms with Gasteiger partial charge in [0.1, 0.15) is 6.04 Å². The number of nitrogens with two attached hydrogens (primary N) is 1. The maximum absolute atomic E-state index is 12.6. The van der Waals surface area contributed by atoms with E-state index in [0.717, 1.165) is 0 Å². The molecule has 0 aromatic heterocycles. The maximum Gasteiger partial charge on any atom is 0.255 e. The number of hydrogen-bond donors (Lipinski definition) is 2. The number of allylic oxidation sites excluding steroid dienone is 1. The van der Waals surface area contributed by atoms with Gasteiger partial charge in [-0.2, -0.15) is 0 Å². The number of fused-ring (bicyclic) bond motifs is 1. The summed E-state index contributed by atoms with van der Waals surface area (Å²) >= 11 is 0. The van der Waals surface area contributed by atoms with Crippen LogP contribution in [0.3, 0.4) is 0 Å². The fourth-order valence-electron chi connectivity index (χ4n) is 2.49. The standard InChI is InChI=1S/C14H15N3O2/c1-8-5-6-12(13(18)16-8)17-7-10-9(14(17)19)3-2-4-11(10)15/h2-4,12H,1,5-7,15H2,(H,16,18)/i2D,3D,4D. The van der Waals surface area contributed by atoms with Crippen LogP contribution in [0, 0.1) is 0 Å². The second-order valence-corrected chi connectivity index (χ2v) is 4.72. The molecule has 2 amide bonds. The van der Waals surface area contributed by atoms with Gasteiger partial charge >= 0.3 is 0 Å². The van der Waals surface area contributed by atoms with Gasteiger partial charge in [-0.25, -0.2) is 0 Å². The molecule has 2 heterocycles. The number of rotatable bonds is 1. The molecule has 0 saturated carbocycles. The molecule has 2 aliphatic rings. The smallest absolute Gasteiger partial charge is 0.255 e. The number of amides is 2. The highest BCUT2D eigenvalue weighted by atomic mass is 16.2. The number of nitrogen functional groups attached to an aromatic ring is 1. The predicted molar refractivity (Wildman–Crippen MR) is 71.0 cm³/mol. The van der Waals surface area contributed by atoms with Gasteiger partial charge in [-0.1, -0.05) is 12.6 Å². The van der Waals surface area contributed by atoms with Crippen LogP contribution in [0.1, 0.15) is 32.9 Å². The Kier molecular flexibility index (Phi) is 1.90. The van der Waals surface area contributed by atoms with E-state index in [2.05, 4.69) is 11.9 Å². The fraction of sp³-hybridized carbons (Fsp3) is 0.286. The molecule has 0 aliphatic carbocycles. The molecule has 1 unspecified atom stereocenters. The van der Waals surface area contributed by atoms with E-state index in [9.17, 15) is 9.59 Å². The first-order chi connectivity index (χ1) is 10.3. The molecule has 98 valence electrons. The van der Waals surface area contributed by atoms with Crippen LogP contribution >= 0.6 is 0 Å². The maximum atomic E-state index is 12.6. The Morgan fingerprint density at radius 1 is 1.47 bits per heavy atom. The van der Waals surface area contributed by atoms with E-state index >= 15 is 0 Å². The first kappa shape index (κ1) is 8.74. The number of anilines is 1. The van der Waals surface area contributed by atoms with Gasteiger partial charge in [0.2, 0.25) is 5.91 Å². The predicted octanol–water partition coefficient (Wildman–Crippen LogP) is 1.02. The summed E-state index contributed by atoms with van der Waals surface area (Å²) in [6, 6.07) is -1.57. The zero-order chi connectivity index (χ0) is 16.2. The lowest BCUT2D eigenvalue weighted by Gasteiger charge is -2.30. The van der Waals surface area contributed by atoms with Gasteiger partial charge < -0.3 is 16.0 Å². The summed E-state index contributed by atoms with van der Waals surface area (Å²) in [7, 11) is 0. The van der Waals surface area contributed by atoms with E-state index in [-0.39, 0.29) is 41.8 Å². The Bertz CT molecular complexity index is 733.